The van der Waals surface area contributed by atoms with Gasteiger partial charge in [0.25, 0.3) is 5.91 Å². The molecule has 1 heterocycles. The summed E-state index contributed by atoms with van der Waals surface area (Å²) in [5, 5.41) is 11.4. The third-order valence-electron chi connectivity index (χ3n) is 3.61. The number of amides is 1. The Labute approximate surface area is 155 Å². The zero-order chi connectivity index (χ0) is 18.4. The van der Waals surface area contributed by atoms with E-state index in [0.29, 0.717) is 10.7 Å². The van der Waals surface area contributed by atoms with E-state index in [0.717, 1.165) is 28.5 Å². The highest BCUT2D eigenvalue weighted by Crippen LogP contribution is 2.28. The average molecular weight is 361 g/mol. The van der Waals surface area contributed by atoms with Gasteiger partial charge in [-0.15, -0.1) is 4.99 Å². The van der Waals surface area contributed by atoms with Gasteiger partial charge < -0.3 is 4.74 Å². The number of benzene rings is 2. The largest absolute Gasteiger partial charge is 0.496 e. The van der Waals surface area contributed by atoms with Gasteiger partial charge >= 0.3 is 0 Å². The molecular weight excluding hydrogens is 346 g/mol. The van der Waals surface area contributed by atoms with Crippen molar-refractivity contribution in [2.24, 2.45) is 4.99 Å². The van der Waals surface area contributed by atoms with Gasteiger partial charge in [0.15, 0.2) is 5.17 Å². The number of hydrogen-bond acceptors (Lipinski definition) is 5. The lowest BCUT2D eigenvalue weighted by Crippen LogP contribution is -2.19. The summed E-state index contributed by atoms with van der Waals surface area (Å²) in [7, 11) is 1.61. The number of rotatable bonds is 4. The highest BCUT2D eigenvalue weighted by atomic mass is 32.2. The van der Waals surface area contributed by atoms with E-state index in [2.05, 4.69) is 10.3 Å². The smallest absolute Gasteiger partial charge is 0.264 e. The molecule has 5 nitrogen and oxygen atoms in total. The number of carbonyl (C=O) groups excluding carboxylic acids is 1. The molecule has 0 unspecified atom stereocenters. The minimum absolute atomic E-state index is 0.268. The Hall–Kier alpha value is -3.30. The zero-order valence-corrected chi connectivity index (χ0v) is 14.8. The van der Waals surface area contributed by atoms with Crippen LogP contribution in [0.25, 0.3) is 18.2 Å². The average Bonchev–Trinajstić information content (AvgIpc) is 3.00. The Kier molecular flexibility index (Phi) is 5.52. The summed E-state index contributed by atoms with van der Waals surface area (Å²) in [6.45, 7) is 0. The monoisotopic (exact) mass is 361 g/mol. The summed E-state index contributed by atoms with van der Waals surface area (Å²) in [6.07, 6.45) is 7.41. The Morgan fingerprint density at radius 2 is 1.96 bits per heavy atom. The Morgan fingerprint density at radius 3 is 2.69 bits per heavy atom. The van der Waals surface area contributed by atoms with E-state index in [1.165, 1.54) is 0 Å². The van der Waals surface area contributed by atoms with Crippen molar-refractivity contribution >= 4 is 41.1 Å². The second-order valence-corrected chi connectivity index (χ2v) is 6.36. The lowest BCUT2D eigenvalue weighted by atomic mass is 10.1. The Bertz CT molecular complexity index is 957. The molecule has 0 bridgehead atoms. The molecule has 1 saturated heterocycles. The molecule has 2 aromatic carbocycles. The molecular formula is C20H15N3O2S. The van der Waals surface area contributed by atoms with E-state index >= 15 is 0 Å². The molecule has 1 amide bonds. The van der Waals surface area contributed by atoms with Crippen LogP contribution in [-0.4, -0.2) is 18.2 Å². The third kappa shape index (κ3) is 4.21. The molecule has 1 aliphatic heterocycles. The van der Waals surface area contributed by atoms with Gasteiger partial charge in [0, 0.05) is 5.56 Å². The molecule has 0 saturated carbocycles. The Morgan fingerprint density at radius 1 is 1.15 bits per heavy atom. The van der Waals surface area contributed by atoms with Crippen LogP contribution in [0, 0.1) is 11.5 Å². The number of methoxy groups -OCH3 is 1. The first-order valence-electron chi connectivity index (χ1n) is 7.78. The van der Waals surface area contributed by atoms with Crippen LogP contribution in [0.3, 0.4) is 0 Å². The predicted octanol–water partition coefficient (Wildman–Crippen LogP) is 3.91. The van der Waals surface area contributed by atoms with Gasteiger partial charge in [0.1, 0.15) is 5.75 Å². The second-order valence-electron chi connectivity index (χ2n) is 5.33. The minimum atomic E-state index is -0.268. The summed E-state index contributed by atoms with van der Waals surface area (Å²) in [6, 6.07) is 15.7. The maximum absolute atomic E-state index is 11.9. The van der Waals surface area contributed by atoms with Gasteiger partial charge in [0.05, 0.1) is 12.0 Å². The van der Waals surface area contributed by atoms with Gasteiger partial charge in [-0.3, -0.25) is 10.1 Å². The fraction of sp³-hybridized carbons (Fsp3) is 0.0500. The summed E-state index contributed by atoms with van der Waals surface area (Å²) in [5.41, 5.74) is 2.87. The predicted molar refractivity (Wildman–Crippen MR) is 105 cm³/mol. The van der Waals surface area contributed by atoms with E-state index in [1.54, 1.807) is 19.4 Å². The van der Waals surface area contributed by atoms with Crippen LogP contribution >= 0.6 is 11.8 Å². The molecule has 0 aliphatic carbocycles. The minimum Gasteiger partial charge on any atom is -0.496 e. The lowest BCUT2D eigenvalue weighted by Gasteiger charge is -2.06. The van der Waals surface area contributed by atoms with Gasteiger partial charge in [-0.05, 0) is 35.0 Å². The number of aliphatic imine (C=N–C) groups is 1. The number of hydrogen-bond donors (Lipinski definition) is 1. The van der Waals surface area contributed by atoms with Crippen LogP contribution in [0.15, 0.2) is 58.4 Å². The number of nitrogens with one attached hydrogen (secondary N) is 1. The summed E-state index contributed by atoms with van der Waals surface area (Å²) in [4.78, 5) is 15.9. The first-order valence-corrected chi connectivity index (χ1v) is 8.60. The number of nitrogens with zero attached hydrogens (tertiary/aromatic N) is 2. The maximum atomic E-state index is 11.9. The van der Waals surface area contributed by atoms with Crippen LogP contribution in [0.2, 0.25) is 0 Å². The molecule has 0 spiro atoms. The van der Waals surface area contributed by atoms with Crippen molar-refractivity contribution in [3.8, 4) is 11.9 Å². The lowest BCUT2D eigenvalue weighted by molar-refractivity contribution is -0.115. The summed E-state index contributed by atoms with van der Waals surface area (Å²) in [5.74, 6) is 0.442. The Balaban J connectivity index is 1.84. The van der Waals surface area contributed by atoms with Crippen LogP contribution < -0.4 is 10.1 Å². The van der Waals surface area contributed by atoms with Crippen molar-refractivity contribution in [2.45, 2.75) is 0 Å². The van der Waals surface area contributed by atoms with Crippen molar-refractivity contribution in [1.82, 2.24) is 5.32 Å². The van der Waals surface area contributed by atoms with E-state index in [1.807, 2.05) is 60.7 Å². The van der Waals surface area contributed by atoms with Crippen molar-refractivity contribution < 1.29 is 9.53 Å². The van der Waals surface area contributed by atoms with E-state index in [-0.39, 0.29) is 11.1 Å². The number of ether oxygens (including phenoxy) is 1. The molecule has 1 fully saturated rings. The quantitative estimate of drug-likeness (QED) is 0.509. The number of carbonyl (C=O) groups is 1. The molecule has 3 rings (SSSR count). The molecule has 0 atom stereocenters. The van der Waals surface area contributed by atoms with Gasteiger partial charge in [0.2, 0.25) is 6.19 Å². The van der Waals surface area contributed by atoms with Crippen molar-refractivity contribution in [3.05, 3.63) is 70.1 Å². The summed E-state index contributed by atoms with van der Waals surface area (Å²) >= 11 is 1.14. The summed E-state index contributed by atoms with van der Waals surface area (Å²) < 4.78 is 5.47. The number of amidine groups is 1. The van der Waals surface area contributed by atoms with Gasteiger partial charge in [-0.2, -0.15) is 5.26 Å². The highest BCUT2D eigenvalue weighted by Gasteiger charge is 2.23. The first-order chi connectivity index (χ1) is 12.7. The maximum Gasteiger partial charge on any atom is 0.264 e. The molecule has 1 aliphatic rings. The SMILES string of the molecule is COc1cc(/C=C2/SC(=NC#N)NC2=O)ccc1/C=C/c1ccccc1. The molecule has 26 heavy (non-hydrogen) atoms. The van der Waals surface area contributed by atoms with E-state index in [4.69, 9.17) is 10.00 Å². The van der Waals surface area contributed by atoms with Crippen LogP contribution in [0.5, 0.6) is 5.75 Å². The van der Waals surface area contributed by atoms with E-state index in [9.17, 15) is 4.79 Å². The normalized spacial score (nSPS) is 16.8. The molecule has 1 N–H and O–H groups in total. The molecule has 0 radical (unpaired) electrons. The standard InChI is InChI=1S/C20H15N3O2S/c1-25-17-11-15(12-18-19(24)23-20(26-18)22-13-21)8-10-16(17)9-7-14-5-3-2-4-6-14/h2-12H,1H3,(H,22,23,24)/b9-7+,18-12+. The van der Waals surface area contributed by atoms with Crippen molar-refractivity contribution in [2.75, 3.05) is 7.11 Å². The first kappa shape index (κ1) is 17.5. The number of nitriles is 1. The molecule has 128 valence electrons. The van der Waals surface area contributed by atoms with Gasteiger partial charge in [-0.25, -0.2) is 0 Å². The second kappa shape index (κ2) is 8.19. The fourth-order valence-corrected chi connectivity index (χ4v) is 3.16. The molecule has 6 heteroatoms. The van der Waals surface area contributed by atoms with Crippen molar-refractivity contribution in [1.29, 1.82) is 5.26 Å². The third-order valence-corrected chi connectivity index (χ3v) is 4.52. The van der Waals surface area contributed by atoms with Gasteiger partial charge in [-0.1, -0.05) is 54.6 Å². The fourth-order valence-electron chi connectivity index (χ4n) is 2.38. The number of thioether (sulfide) groups is 1. The van der Waals surface area contributed by atoms with Crippen LogP contribution in [-0.2, 0) is 4.79 Å². The molecule has 0 aromatic heterocycles. The zero-order valence-electron chi connectivity index (χ0n) is 14.0. The highest BCUT2D eigenvalue weighted by molar-refractivity contribution is 8.18. The molecule has 2 aromatic rings. The topological polar surface area (TPSA) is 74.5 Å². The van der Waals surface area contributed by atoms with Crippen molar-refractivity contribution in [3.63, 3.8) is 0 Å². The van der Waals surface area contributed by atoms with Crippen LogP contribution in [0.1, 0.15) is 16.7 Å². The van der Waals surface area contributed by atoms with E-state index < -0.39 is 0 Å². The van der Waals surface area contributed by atoms with Crippen LogP contribution in [0.4, 0.5) is 0 Å².